The van der Waals surface area contributed by atoms with E-state index in [1.807, 2.05) is 27.7 Å². The van der Waals surface area contributed by atoms with Crippen molar-refractivity contribution in [3.63, 3.8) is 0 Å². The molecule has 5 heteroatoms. The summed E-state index contributed by atoms with van der Waals surface area (Å²) in [5.41, 5.74) is 19.3. The highest BCUT2D eigenvalue weighted by Gasteiger charge is 2.31. The number of hydrogen-bond donors (Lipinski definition) is 4. The van der Waals surface area contributed by atoms with Gasteiger partial charge in [0.15, 0.2) is 0 Å². The van der Waals surface area contributed by atoms with Crippen LogP contribution >= 0.6 is 0 Å². The molecule has 1 heterocycles. The first kappa shape index (κ1) is 12.2. The fourth-order valence-electron chi connectivity index (χ4n) is 1.69. The molecule has 0 saturated carbocycles. The molecule has 86 valence electrons. The number of nitrogens with zero attached hydrogens (tertiary/aromatic N) is 1. The maximum Gasteiger partial charge on any atom is 0.0868 e. The van der Waals surface area contributed by atoms with Crippen LogP contribution in [0, 0.1) is 0 Å². The minimum atomic E-state index is -0.518. The lowest BCUT2D eigenvalue weighted by Crippen LogP contribution is -2.37. The van der Waals surface area contributed by atoms with E-state index in [4.69, 9.17) is 17.2 Å². The number of aromatic nitrogens is 2. The van der Waals surface area contributed by atoms with Crippen molar-refractivity contribution >= 4 is 0 Å². The predicted octanol–water partition coefficient (Wildman–Crippen LogP) is 0.256. The number of aromatic amines is 1. The van der Waals surface area contributed by atoms with E-state index in [-0.39, 0.29) is 0 Å². The molecular formula is C10H21N5. The zero-order valence-corrected chi connectivity index (χ0v) is 9.89. The molecule has 0 aliphatic carbocycles. The molecule has 0 unspecified atom stereocenters. The van der Waals surface area contributed by atoms with E-state index in [2.05, 4.69) is 10.2 Å². The van der Waals surface area contributed by atoms with Crippen LogP contribution < -0.4 is 17.2 Å². The van der Waals surface area contributed by atoms with E-state index < -0.39 is 11.1 Å². The first-order valence-corrected chi connectivity index (χ1v) is 5.04. The lowest BCUT2D eigenvalue weighted by atomic mass is 9.86. The van der Waals surface area contributed by atoms with Crippen LogP contribution in [-0.2, 0) is 17.6 Å². The van der Waals surface area contributed by atoms with Gasteiger partial charge in [-0.05, 0) is 27.7 Å². The minimum absolute atomic E-state index is 0.388. The van der Waals surface area contributed by atoms with Crippen molar-refractivity contribution in [2.45, 2.75) is 45.3 Å². The van der Waals surface area contributed by atoms with E-state index >= 15 is 0 Å². The standard InChI is InChI=1S/C10H21N5/c1-9(2,12)7-6(5-11)14-15-8(7)10(3,4)13/h5,11-13H2,1-4H3,(H,14,15). The second kappa shape index (κ2) is 3.59. The van der Waals surface area contributed by atoms with Crippen molar-refractivity contribution in [2.24, 2.45) is 17.2 Å². The summed E-state index contributed by atoms with van der Waals surface area (Å²) < 4.78 is 0. The third-order valence-corrected chi connectivity index (χ3v) is 2.30. The Morgan fingerprint density at radius 2 is 1.67 bits per heavy atom. The van der Waals surface area contributed by atoms with E-state index in [9.17, 15) is 0 Å². The lowest BCUT2D eigenvalue weighted by molar-refractivity contribution is 0.486. The molecule has 7 N–H and O–H groups in total. The second-order valence-electron chi connectivity index (χ2n) is 5.07. The molecule has 0 radical (unpaired) electrons. The van der Waals surface area contributed by atoms with E-state index in [1.165, 1.54) is 0 Å². The lowest BCUT2D eigenvalue weighted by Gasteiger charge is -2.25. The summed E-state index contributed by atoms with van der Waals surface area (Å²) >= 11 is 0. The third kappa shape index (κ3) is 2.37. The molecule has 5 nitrogen and oxygen atoms in total. The van der Waals surface area contributed by atoms with Crippen LogP contribution in [0.15, 0.2) is 0 Å². The van der Waals surface area contributed by atoms with Gasteiger partial charge in [-0.15, -0.1) is 0 Å². The fraction of sp³-hybridized carbons (Fsp3) is 0.700. The average molecular weight is 211 g/mol. The first-order chi connectivity index (χ1) is 6.68. The normalized spacial score (nSPS) is 13.3. The van der Waals surface area contributed by atoms with Gasteiger partial charge in [0.1, 0.15) is 0 Å². The molecule has 0 bridgehead atoms. The van der Waals surface area contributed by atoms with Crippen molar-refractivity contribution in [1.29, 1.82) is 0 Å². The Morgan fingerprint density at radius 1 is 1.13 bits per heavy atom. The van der Waals surface area contributed by atoms with Gasteiger partial charge in [0.05, 0.1) is 16.9 Å². The molecule has 1 rings (SSSR count). The Morgan fingerprint density at radius 3 is 2.00 bits per heavy atom. The SMILES string of the molecule is CC(C)(N)c1n[nH]c(CN)c1C(C)(C)N. The summed E-state index contributed by atoms with van der Waals surface area (Å²) in [5, 5.41) is 7.12. The van der Waals surface area contributed by atoms with Gasteiger partial charge in [0, 0.05) is 17.6 Å². The van der Waals surface area contributed by atoms with Crippen molar-refractivity contribution in [3.8, 4) is 0 Å². The summed E-state index contributed by atoms with van der Waals surface area (Å²) in [6.07, 6.45) is 0. The van der Waals surface area contributed by atoms with Crippen molar-refractivity contribution in [1.82, 2.24) is 10.2 Å². The predicted molar refractivity (Wildman–Crippen MR) is 60.9 cm³/mol. The zero-order chi connectivity index (χ0) is 11.9. The molecule has 1 aromatic rings. The first-order valence-electron chi connectivity index (χ1n) is 5.04. The highest BCUT2D eigenvalue weighted by molar-refractivity contribution is 5.35. The van der Waals surface area contributed by atoms with Crippen molar-refractivity contribution < 1.29 is 0 Å². The Balaban J connectivity index is 3.37. The average Bonchev–Trinajstić information content (AvgIpc) is 2.44. The zero-order valence-electron chi connectivity index (χ0n) is 9.89. The highest BCUT2D eigenvalue weighted by Crippen LogP contribution is 2.29. The number of hydrogen-bond acceptors (Lipinski definition) is 4. The monoisotopic (exact) mass is 211 g/mol. The third-order valence-electron chi connectivity index (χ3n) is 2.30. The Bertz CT molecular complexity index is 340. The summed E-state index contributed by atoms with van der Waals surface area (Å²) in [7, 11) is 0. The van der Waals surface area contributed by atoms with Crippen LogP contribution in [0.25, 0.3) is 0 Å². The summed E-state index contributed by atoms with van der Waals surface area (Å²) in [6.45, 7) is 8.04. The summed E-state index contributed by atoms with van der Waals surface area (Å²) in [4.78, 5) is 0. The highest BCUT2D eigenvalue weighted by atomic mass is 15.2. The van der Waals surface area contributed by atoms with Gasteiger partial charge in [-0.25, -0.2) is 0 Å². The summed E-state index contributed by atoms with van der Waals surface area (Å²) in [6, 6.07) is 0. The van der Waals surface area contributed by atoms with Crippen molar-refractivity contribution in [2.75, 3.05) is 0 Å². The molecule has 0 atom stereocenters. The minimum Gasteiger partial charge on any atom is -0.325 e. The van der Waals surface area contributed by atoms with E-state index in [0.717, 1.165) is 17.0 Å². The molecule has 0 amide bonds. The van der Waals surface area contributed by atoms with Crippen LogP contribution in [0.5, 0.6) is 0 Å². The van der Waals surface area contributed by atoms with Gasteiger partial charge in [-0.2, -0.15) is 5.10 Å². The van der Waals surface area contributed by atoms with Gasteiger partial charge in [-0.3, -0.25) is 5.10 Å². The number of H-pyrrole nitrogens is 1. The largest absolute Gasteiger partial charge is 0.325 e. The van der Waals surface area contributed by atoms with Crippen LogP contribution in [0.2, 0.25) is 0 Å². The van der Waals surface area contributed by atoms with Gasteiger partial charge in [-0.1, -0.05) is 0 Å². The number of rotatable bonds is 3. The Hall–Kier alpha value is -0.910. The molecule has 0 saturated heterocycles. The van der Waals surface area contributed by atoms with Gasteiger partial charge >= 0.3 is 0 Å². The Kier molecular flexibility index (Phi) is 2.91. The molecular weight excluding hydrogens is 190 g/mol. The van der Waals surface area contributed by atoms with E-state index in [0.29, 0.717) is 6.54 Å². The van der Waals surface area contributed by atoms with Crippen LogP contribution in [0.3, 0.4) is 0 Å². The molecule has 0 aromatic carbocycles. The molecule has 0 fully saturated rings. The number of nitrogens with one attached hydrogen (secondary N) is 1. The van der Waals surface area contributed by atoms with Gasteiger partial charge in [0.25, 0.3) is 0 Å². The van der Waals surface area contributed by atoms with Crippen LogP contribution in [0.1, 0.15) is 44.6 Å². The van der Waals surface area contributed by atoms with Crippen LogP contribution in [0.4, 0.5) is 0 Å². The molecule has 0 spiro atoms. The second-order valence-corrected chi connectivity index (χ2v) is 5.07. The molecule has 0 aliphatic rings. The molecule has 1 aromatic heterocycles. The quantitative estimate of drug-likeness (QED) is 0.575. The summed E-state index contributed by atoms with van der Waals surface area (Å²) in [5.74, 6) is 0. The maximum atomic E-state index is 6.10. The fourth-order valence-corrected chi connectivity index (χ4v) is 1.69. The van der Waals surface area contributed by atoms with Gasteiger partial charge in [0.2, 0.25) is 0 Å². The number of nitrogens with two attached hydrogens (primary N) is 3. The van der Waals surface area contributed by atoms with Crippen LogP contribution in [-0.4, -0.2) is 10.2 Å². The van der Waals surface area contributed by atoms with Crippen molar-refractivity contribution in [3.05, 3.63) is 17.0 Å². The molecule has 0 aliphatic heterocycles. The van der Waals surface area contributed by atoms with Gasteiger partial charge < -0.3 is 17.2 Å². The topological polar surface area (TPSA) is 107 Å². The van der Waals surface area contributed by atoms with E-state index in [1.54, 1.807) is 0 Å². The maximum absolute atomic E-state index is 6.10. The molecule has 15 heavy (non-hydrogen) atoms. The Labute approximate surface area is 90.4 Å². The smallest absolute Gasteiger partial charge is 0.0868 e.